The van der Waals surface area contributed by atoms with Crippen LogP contribution >= 0.6 is 0 Å². The van der Waals surface area contributed by atoms with Crippen LogP contribution in [0, 0.1) is 6.92 Å². The number of anilines is 1. The van der Waals surface area contributed by atoms with Gasteiger partial charge < -0.3 is 14.8 Å². The molecule has 4 nitrogen and oxygen atoms in total. The Morgan fingerprint density at radius 3 is 2.76 bits per heavy atom. The van der Waals surface area contributed by atoms with E-state index in [0.29, 0.717) is 0 Å². The first-order valence-corrected chi connectivity index (χ1v) is 11.1. The van der Waals surface area contributed by atoms with Crippen LogP contribution in [0.25, 0.3) is 10.9 Å². The number of likely N-dealkylation sites (tertiary alicyclic amines) is 1. The number of aryl methyl sites for hydroxylation is 1. The molecule has 0 radical (unpaired) electrons. The number of rotatable bonds is 1. The maximum absolute atomic E-state index is 5.04. The second-order valence-electron chi connectivity index (χ2n) is 8.82. The number of aliphatic imine (C=N–C) groups is 1. The maximum Gasteiger partial charge on any atom is 0.109 e. The highest BCUT2D eigenvalue weighted by Crippen LogP contribution is 2.36. The molecule has 0 unspecified atom stereocenters. The van der Waals surface area contributed by atoms with E-state index in [-0.39, 0.29) is 0 Å². The van der Waals surface area contributed by atoms with Gasteiger partial charge in [-0.3, -0.25) is 0 Å². The van der Waals surface area contributed by atoms with Crippen LogP contribution in [0.15, 0.2) is 41.4 Å². The van der Waals surface area contributed by atoms with Crippen LogP contribution < -0.4 is 4.90 Å². The maximum atomic E-state index is 5.04. The lowest BCUT2D eigenvalue weighted by Crippen LogP contribution is -2.35. The van der Waals surface area contributed by atoms with Crippen molar-refractivity contribution >= 4 is 28.1 Å². The Kier molecular flexibility index (Phi) is 3.93. The van der Waals surface area contributed by atoms with Gasteiger partial charge in [0.25, 0.3) is 0 Å². The third-order valence-corrected chi connectivity index (χ3v) is 6.97. The number of aromatic amines is 1. The Balaban J connectivity index is 1.29. The van der Waals surface area contributed by atoms with Gasteiger partial charge >= 0.3 is 0 Å². The first-order chi connectivity index (χ1) is 14.3. The van der Waals surface area contributed by atoms with E-state index in [1.165, 1.54) is 82.8 Å². The minimum atomic E-state index is 0.972. The summed E-state index contributed by atoms with van der Waals surface area (Å²) in [7, 11) is 0. The second-order valence-corrected chi connectivity index (χ2v) is 8.82. The standard InChI is InChI=1S/C25H28N4/c1-17-6-5-7-20-21-16-29(13-10-22(21)27-25(17)20)19-9-8-18-14-24(26-23(18)15-19)28-11-3-2-4-12-28/h5-9,15,27H,2-4,10-14,16H2,1H3. The highest BCUT2D eigenvalue weighted by atomic mass is 15.2. The summed E-state index contributed by atoms with van der Waals surface area (Å²) in [5.74, 6) is 1.28. The van der Waals surface area contributed by atoms with E-state index >= 15 is 0 Å². The number of fused-ring (bicyclic) bond motifs is 4. The number of nitrogens with zero attached hydrogens (tertiary/aromatic N) is 3. The zero-order valence-electron chi connectivity index (χ0n) is 17.2. The van der Waals surface area contributed by atoms with Gasteiger partial charge in [0, 0.05) is 66.9 Å². The van der Waals surface area contributed by atoms with Gasteiger partial charge in [-0.15, -0.1) is 0 Å². The van der Waals surface area contributed by atoms with E-state index in [1.54, 1.807) is 0 Å². The molecule has 0 amide bonds. The third-order valence-electron chi connectivity index (χ3n) is 6.97. The third kappa shape index (κ3) is 2.85. The highest BCUT2D eigenvalue weighted by molar-refractivity contribution is 5.93. The minimum Gasteiger partial charge on any atom is -0.367 e. The van der Waals surface area contributed by atoms with E-state index in [2.05, 4.69) is 58.1 Å². The fourth-order valence-corrected chi connectivity index (χ4v) is 5.29. The molecule has 0 aliphatic carbocycles. The lowest BCUT2D eigenvalue weighted by molar-refractivity contribution is 0.339. The molecular formula is C25H28N4. The van der Waals surface area contributed by atoms with Crippen molar-refractivity contribution in [2.75, 3.05) is 24.5 Å². The molecule has 2 aromatic carbocycles. The number of piperidine rings is 1. The molecular weight excluding hydrogens is 356 g/mol. The zero-order valence-corrected chi connectivity index (χ0v) is 17.2. The molecule has 0 saturated carbocycles. The first-order valence-electron chi connectivity index (χ1n) is 11.1. The highest BCUT2D eigenvalue weighted by Gasteiger charge is 2.25. The molecule has 6 rings (SSSR count). The monoisotopic (exact) mass is 384 g/mol. The van der Waals surface area contributed by atoms with Gasteiger partial charge in [0.05, 0.1) is 5.69 Å². The second kappa shape index (κ2) is 6.65. The lowest BCUT2D eigenvalue weighted by atomic mass is 10.0. The summed E-state index contributed by atoms with van der Waals surface area (Å²) in [6, 6.07) is 13.6. The van der Waals surface area contributed by atoms with Gasteiger partial charge in [-0.05, 0) is 49.4 Å². The molecule has 1 fully saturated rings. The summed E-state index contributed by atoms with van der Waals surface area (Å²) in [5.41, 5.74) is 9.40. The molecule has 3 aliphatic heterocycles. The van der Waals surface area contributed by atoms with Crippen molar-refractivity contribution in [3.05, 3.63) is 58.8 Å². The van der Waals surface area contributed by atoms with Crippen molar-refractivity contribution in [1.29, 1.82) is 0 Å². The number of aromatic nitrogens is 1. The number of H-pyrrole nitrogens is 1. The van der Waals surface area contributed by atoms with Crippen molar-refractivity contribution in [2.24, 2.45) is 4.99 Å². The smallest absolute Gasteiger partial charge is 0.109 e. The van der Waals surface area contributed by atoms with Crippen LogP contribution in [0.1, 0.15) is 41.6 Å². The first kappa shape index (κ1) is 17.1. The number of hydrogen-bond donors (Lipinski definition) is 1. The minimum absolute atomic E-state index is 0.972. The van der Waals surface area contributed by atoms with Crippen molar-refractivity contribution in [3.8, 4) is 0 Å². The molecule has 4 heterocycles. The molecule has 1 N–H and O–H groups in total. The Hall–Kier alpha value is -2.75. The molecule has 29 heavy (non-hydrogen) atoms. The summed E-state index contributed by atoms with van der Waals surface area (Å²) in [6.07, 6.45) is 6.05. The van der Waals surface area contributed by atoms with E-state index in [9.17, 15) is 0 Å². The zero-order chi connectivity index (χ0) is 19.4. The van der Waals surface area contributed by atoms with Crippen LogP contribution in [0.3, 0.4) is 0 Å². The molecule has 0 spiro atoms. The number of nitrogens with one attached hydrogen (secondary N) is 1. The van der Waals surface area contributed by atoms with E-state index in [4.69, 9.17) is 4.99 Å². The summed E-state index contributed by atoms with van der Waals surface area (Å²) >= 11 is 0. The molecule has 0 atom stereocenters. The quantitative estimate of drug-likeness (QED) is 0.633. The van der Waals surface area contributed by atoms with Gasteiger partial charge in [-0.25, -0.2) is 4.99 Å². The SMILES string of the molecule is Cc1cccc2c3c([nH]c12)CCN(c1ccc2c(c1)N=C(N1CCCCC1)C2)C3. The normalized spacial score (nSPS) is 18.7. The largest absolute Gasteiger partial charge is 0.367 e. The Morgan fingerprint density at radius 2 is 1.86 bits per heavy atom. The molecule has 0 bridgehead atoms. The number of amidine groups is 1. The van der Waals surface area contributed by atoms with Crippen LogP contribution in [-0.2, 0) is 19.4 Å². The fourth-order valence-electron chi connectivity index (χ4n) is 5.29. The number of para-hydroxylation sites is 1. The average molecular weight is 385 g/mol. The molecule has 148 valence electrons. The van der Waals surface area contributed by atoms with Gasteiger partial charge in [0.1, 0.15) is 5.84 Å². The van der Waals surface area contributed by atoms with Crippen molar-refractivity contribution in [2.45, 2.75) is 45.6 Å². The van der Waals surface area contributed by atoms with Crippen LogP contribution in [-0.4, -0.2) is 35.4 Å². The summed E-state index contributed by atoms with van der Waals surface area (Å²) < 4.78 is 0. The fraction of sp³-hybridized carbons (Fsp3) is 0.400. The van der Waals surface area contributed by atoms with E-state index in [1.807, 2.05) is 0 Å². The molecule has 3 aliphatic rings. The van der Waals surface area contributed by atoms with Crippen LogP contribution in [0.4, 0.5) is 11.4 Å². The Labute approximate surface area is 172 Å². The molecule has 1 aromatic heterocycles. The topological polar surface area (TPSA) is 34.6 Å². The van der Waals surface area contributed by atoms with Gasteiger partial charge in [-0.2, -0.15) is 0 Å². The van der Waals surface area contributed by atoms with Crippen molar-refractivity contribution in [1.82, 2.24) is 9.88 Å². The van der Waals surface area contributed by atoms with Gasteiger partial charge in [0.15, 0.2) is 0 Å². The van der Waals surface area contributed by atoms with Crippen LogP contribution in [0.5, 0.6) is 0 Å². The Morgan fingerprint density at radius 1 is 0.966 bits per heavy atom. The lowest BCUT2D eigenvalue weighted by Gasteiger charge is -2.29. The van der Waals surface area contributed by atoms with Crippen LogP contribution in [0.2, 0.25) is 0 Å². The van der Waals surface area contributed by atoms with Crippen molar-refractivity contribution in [3.63, 3.8) is 0 Å². The Bertz CT molecular complexity index is 1120. The van der Waals surface area contributed by atoms with E-state index < -0.39 is 0 Å². The predicted molar refractivity (Wildman–Crippen MR) is 120 cm³/mol. The van der Waals surface area contributed by atoms with Gasteiger partial charge in [-0.1, -0.05) is 24.3 Å². The number of hydrogen-bond acceptors (Lipinski definition) is 3. The predicted octanol–water partition coefficient (Wildman–Crippen LogP) is 5.11. The molecule has 1 saturated heterocycles. The van der Waals surface area contributed by atoms with Gasteiger partial charge in [0.2, 0.25) is 0 Å². The van der Waals surface area contributed by atoms with E-state index in [0.717, 1.165) is 25.9 Å². The summed E-state index contributed by atoms with van der Waals surface area (Å²) in [6.45, 7) is 6.57. The number of benzene rings is 2. The molecule has 4 heteroatoms. The average Bonchev–Trinajstić information content (AvgIpc) is 3.36. The molecule has 3 aromatic rings. The summed E-state index contributed by atoms with van der Waals surface area (Å²) in [5, 5.41) is 1.39. The summed E-state index contributed by atoms with van der Waals surface area (Å²) in [4.78, 5) is 13.7. The van der Waals surface area contributed by atoms with Crippen molar-refractivity contribution < 1.29 is 0 Å².